The Bertz CT molecular complexity index is 777. The van der Waals surface area contributed by atoms with Crippen molar-refractivity contribution in [2.75, 3.05) is 7.05 Å². The number of nitrogens with zero attached hydrogens (tertiary/aromatic N) is 4. The van der Waals surface area contributed by atoms with Crippen LogP contribution in [0.5, 0.6) is 0 Å². The second-order valence-corrected chi connectivity index (χ2v) is 6.48. The number of nitrogens with one attached hydrogen (secondary N) is 2. The molecule has 10 heteroatoms. The number of amides is 1. The smallest absolute Gasteiger partial charge is 0.268 e. The molecule has 2 aromatic heterocycles. The summed E-state index contributed by atoms with van der Waals surface area (Å²) in [6, 6.07) is 1.33. The first-order valence-electron chi connectivity index (χ1n) is 6.63. The van der Waals surface area contributed by atoms with Gasteiger partial charge in [0.1, 0.15) is 16.9 Å². The van der Waals surface area contributed by atoms with Crippen LogP contribution < -0.4 is 10.0 Å². The Kier molecular flexibility index (Phi) is 4.62. The van der Waals surface area contributed by atoms with E-state index in [0.717, 1.165) is 0 Å². The van der Waals surface area contributed by atoms with Gasteiger partial charge in [0, 0.05) is 19.8 Å². The summed E-state index contributed by atoms with van der Waals surface area (Å²) < 4.78 is 29.0. The average molecular weight is 326 g/mol. The van der Waals surface area contributed by atoms with E-state index in [1.807, 2.05) is 11.5 Å². The third-order valence-corrected chi connectivity index (χ3v) is 4.62. The van der Waals surface area contributed by atoms with Crippen molar-refractivity contribution >= 4 is 15.9 Å². The lowest BCUT2D eigenvalue weighted by Crippen LogP contribution is -2.26. The van der Waals surface area contributed by atoms with Gasteiger partial charge in [-0.25, -0.2) is 13.1 Å². The van der Waals surface area contributed by atoms with Gasteiger partial charge in [-0.2, -0.15) is 0 Å². The van der Waals surface area contributed by atoms with Crippen molar-refractivity contribution in [1.82, 2.24) is 29.4 Å². The molecule has 0 fully saturated rings. The molecule has 2 heterocycles. The molecular weight excluding hydrogens is 308 g/mol. The van der Waals surface area contributed by atoms with Crippen molar-refractivity contribution in [3.63, 3.8) is 0 Å². The van der Waals surface area contributed by atoms with Gasteiger partial charge in [-0.05, 0) is 20.0 Å². The zero-order chi connectivity index (χ0) is 16.3. The number of aromatic nitrogens is 4. The summed E-state index contributed by atoms with van der Waals surface area (Å²) in [7, 11) is -0.651. The summed E-state index contributed by atoms with van der Waals surface area (Å²) in [5.41, 5.74) is 0.247. The highest BCUT2D eigenvalue weighted by molar-refractivity contribution is 7.89. The number of rotatable bonds is 6. The normalized spacial score (nSPS) is 11.6. The molecular formula is C12H18N6O3S. The van der Waals surface area contributed by atoms with E-state index in [9.17, 15) is 13.2 Å². The quantitative estimate of drug-likeness (QED) is 0.742. The van der Waals surface area contributed by atoms with Gasteiger partial charge in [-0.15, -0.1) is 10.2 Å². The lowest BCUT2D eigenvalue weighted by Gasteiger charge is -2.06. The van der Waals surface area contributed by atoms with E-state index in [2.05, 4.69) is 20.2 Å². The lowest BCUT2D eigenvalue weighted by atomic mass is 10.4. The Hall–Kier alpha value is -2.20. The minimum absolute atomic E-state index is 0.0411. The SMILES string of the molecule is CCn1cnnc1CNC(=O)c1cc(S(=O)(=O)NC)cn1C. The Morgan fingerprint density at radius 2 is 2.14 bits per heavy atom. The Labute approximate surface area is 128 Å². The van der Waals surface area contributed by atoms with Gasteiger partial charge in [-0.1, -0.05) is 0 Å². The van der Waals surface area contributed by atoms with Crippen LogP contribution in [0.4, 0.5) is 0 Å². The van der Waals surface area contributed by atoms with Crippen molar-refractivity contribution in [3.8, 4) is 0 Å². The Morgan fingerprint density at radius 3 is 2.77 bits per heavy atom. The molecule has 0 bridgehead atoms. The molecule has 0 atom stereocenters. The second-order valence-electron chi connectivity index (χ2n) is 4.60. The van der Waals surface area contributed by atoms with Crippen LogP contribution in [0, 0.1) is 0 Å². The monoisotopic (exact) mass is 326 g/mol. The van der Waals surface area contributed by atoms with Crippen molar-refractivity contribution in [2.24, 2.45) is 7.05 Å². The molecule has 22 heavy (non-hydrogen) atoms. The van der Waals surface area contributed by atoms with E-state index in [1.54, 1.807) is 13.4 Å². The molecule has 9 nitrogen and oxygen atoms in total. The number of hydrogen-bond acceptors (Lipinski definition) is 5. The summed E-state index contributed by atoms with van der Waals surface area (Å²) >= 11 is 0. The van der Waals surface area contributed by atoms with Crippen LogP contribution in [-0.2, 0) is 30.2 Å². The molecule has 2 rings (SSSR count). The predicted octanol–water partition coefficient (Wildman–Crippen LogP) is -0.525. The van der Waals surface area contributed by atoms with Crippen molar-refractivity contribution in [2.45, 2.75) is 24.9 Å². The van der Waals surface area contributed by atoms with Crippen LogP contribution in [0.1, 0.15) is 23.2 Å². The van der Waals surface area contributed by atoms with Crippen molar-refractivity contribution in [1.29, 1.82) is 0 Å². The molecule has 0 aromatic carbocycles. The fourth-order valence-corrected chi connectivity index (χ4v) is 2.75. The average Bonchev–Trinajstić information content (AvgIpc) is 3.11. The first-order valence-corrected chi connectivity index (χ1v) is 8.12. The minimum atomic E-state index is -3.58. The first-order chi connectivity index (χ1) is 10.4. The predicted molar refractivity (Wildman–Crippen MR) is 78.5 cm³/mol. The van der Waals surface area contributed by atoms with Crippen LogP contribution in [0.3, 0.4) is 0 Å². The van der Waals surface area contributed by atoms with E-state index in [-0.39, 0.29) is 23.0 Å². The zero-order valence-electron chi connectivity index (χ0n) is 12.6. The summed E-state index contributed by atoms with van der Waals surface area (Å²) in [6.07, 6.45) is 2.97. The van der Waals surface area contributed by atoms with E-state index in [4.69, 9.17) is 0 Å². The maximum Gasteiger partial charge on any atom is 0.268 e. The van der Waals surface area contributed by atoms with Crippen molar-refractivity contribution < 1.29 is 13.2 Å². The van der Waals surface area contributed by atoms with E-state index >= 15 is 0 Å². The molecule has 2 aromatic rings. The Balaban J connectivity index is 2.14. The highest BCUT2D eigenvalue weighted by Gasteiger charge is 2.19. The lowest BCUT2D eigenvalue weighted by molar-refractivity contribution is 0.0941. The van der Waals surface area contributed by atoms with Crippen LogP contribution in [0.15, 0.2) is 23.5 Å². The molecule has 0 aliphatic heterocycles. The van der Waals surface area contributed by atoms with Gasteiger partial charge in [-0.3, -0.25) is 4.79 Å². The Morgan fingerprint density at radius 1 is 1.41 bits per heavy atom. The molecule has 2 N–H and O–H groups in total. The molecule has 0 aliphatic carbocycles. The fourth-order valence-electron chi connectivity index (χ4n) is 1.95. The molecule has 0 unspecified atom stereocenters. The highest BCUT2D eigenvalue weighted by Crippen LogP contribution is 2.13. The van der Waals surface area contributed by atoms with Gasteiger partial charge in [0.15, 0.2) is 5.82 Å². The molecule has 120 valence electrons. The molecule has 0 spiro atoms. The van der Waals surface area contributed by atoms with Crippen LogP contribution in [0.2, 0.25) is 0 Å². The van der Waals surface area contributed by atoms with Gasteiger partial charge in [0.05, 0.1) is 6.54 Å². The minimum Gasteiger partial charge on any atom is -0.345 e. The second kappa shape index (κ2) is 6.28. The number of aryl methyl sites for hydroxylation is 2. The van der Waals surface area contributed by atoms with Crippen molar-refractivity contribution in [3.05, 3.63) is 30.1 Å². The van der Waals surface area contributed by atoms with E-state index in [1.165, 1.54) is 23.9 Å². The molecule has 0 saturated carbocycles. The number of hydrogen-bond donors (Lipinski definition) is 2. The summed E-state index contributed by atoms with van der Waals surface area (Å²) in [6.45, 7) is 2.86. The molecule has 0 aliphatic rings. The number of carbonyl (C=O) groups is 1. The third-order valence-electron chi connectivity index (χ3n) is 3.23. The topological polar surface area (TPSA) is 111 Å². The maximum absolute atomic E-state index is 12.2. The first kappa shape index (κ1) is 16.2. The van der Waals surface area contributed by atoms with E-state index in [0.29, 0.717) is 12.4 Å². The van der Waals surface area contributed by atoms with Gasteiger partial charge >= 0.3 is 0 Å². The van der Waals surface area contributed by atoms with Gasteiger partial charge in [0.2, 0.25) is 10.0 Å². The maximum atomic E-state index is 12.2. The van der Waals surface area contributed by atoms with E-state index < -0.39 is 10.0 Å². The third kappa shape index (κ3) is 3.17. The summed E-state index contributed by atoms with van der Waals surface area (Å²) in [5, 5.41) is 10.4. The molecule has 1 amide bonds. The standard InChI is InChI=1S/C12H18N6O3S/c1-4-18-8-15-16-11(18)6-14-12(19)10-5-9(7-17(10)3)22(20,21)13-2/h5,7-8,13H,4,6H2,1-3H3,(H,14,19). The zero-order valence-corrected chi connectivity index (χ0v) is 13.4. The molecule has 0 saturated heterocycles. The van der Waals surface area contributed by atoms with Crippen LogP contribution in [-0.4, -0.2) is 40.7 Å². The fraction of sp³-hybridized carbons (Fsp3) is 0.417. The summed E-state index contributed by atoms with van der Waals surface area (Å²) in [5.74, 6) is 0.249. The molecule has 0 radical (unpaired) electrons. The van der Waals surface area contributed by atoms with Crippen LogP contribution in [0.25, 0.3) is 0 Å². The number of carbonyl (C=O) groups excluding carboxylic acids is 1. The van der Waals surface area contributed by atoms with Crippen LogP contribution >= 0.6 is 0 Å². The highest BCUT2D eigenvalue weighted by atomic mass is 32.2. The van der Waals surface area contributed by atoms with Gasteiger partial charge < -0.3 is 14.5 Å². The summed E-state index contributed by atoms with van der Waals surface area (Å²) in [4.78, 5) is 12.2. The van der Waals surface area contributed by atoms with Gasteiger partial charge in [0.25, 0.3) is 5.91 Å². The number of sulfonamides is 1. The largest absolute Gasteiger partial charge is 0.345 e.